The van der Waals surface area contributed by atoms with E-state index in [1.807, 2.05) is 0 Å². The van der Waals surface area contributed by atoms with Crippen molar-refractivity contribution in [2.24, 2.45) is 0 Å². The van der Waals surface area contributed by atoms with Crippen molar-refractivity contribution in [2.45, 2.75) is 25.7 Å². The highest BCUT2D eigenvalue weighted by Crippen LogP contribution is 2.26. The first-order chi connectivity index (χ1) is 11.3. The molecule has 0 heterocycles. The number of amides is 1. The molecule has 0 atom stereocenters. The van der Waals surface area contributed by atoms with Crippen LogP contribution in [0.1, 0.15) is 17.5 Å². The molecular formula is C17H15F4NO2. The number of halogens is 4. The maximum Gasteiger partial charge on any atom is 0.573 e. The van der Waals surface area contributed by atoms with E-state index in [9.17, 15) is 22.4 Å². The van der Waals surface area contributed by atoms with Gasteiger partial charge in [-0.15, -0.1) is 13.2 Å². The van der Waals surface area contributed by atoms with E-state index in [-0.39, 0.29) is 36.6 Å². The Morgan fingerprint density at radius 2 is 1.62 bits per heavy atom. The molecular weight excluding hydrogens is 326 g/mol. The second kappa shape index (κ2) is 7.81. The summed E-state index contributed by atoms with van der Waals surface area (Å²) in [5.41, 5.74) is 0.613. The summed E-state index contributed by atoms with van der Waals surface area (Å²) >= 11 is 0. The third-order valence-corrected chi connectivity index (χ3v) is 3.25. The maximum atomic E-state index is 13.4. The fourth-order valence-electron chi connectivity index (χ4n) is 2.11. The van der Waals surface area contributed by atoms with Crippen molar-refractivity contribution in [3.8, 4) is 5.75 Å². The number of hydrogen-bond donors (Lipinski definition) is 1. The molecule has 0 aliphatic heterocycles. The van der Waals surface area contributed by atoms with Crippen LogP contribution in [0.3, 0.4) is 0 Å². The first-order valence-electron chi connectivity index (χ1n) is 7.19. The monoisotopic (exact) mass is 341 g/mol. The van der Waals surface area contributed by atoms with Gasteiger partial charge >= 0.3 is 6.36 Å². The number of nitrogens with one attached hydrogen (secondary N) is 1. The summed E-state index contributed by atoms with van der Waals surface area (Å²) in [6.07, 6.45) is -4.56. The third-order valence-electron chi connectivity index (χ3n) is 3.25. The van der Waals surface area contributed by atoms with Crippen LogP contribution in [0, 0.1) is 5.82 Å². The molecule has 0 aliphatic carbocycles. The number of benzene rings is 2. The van der Waals surface area contributed by atoms with Gasteiger partial charge < -0.3 is 10.1 Å². The molecule has 1 N–H and O–H groups in total. The van der Waals surface area contributed by atoms with Crippen LogP contribution >= 0.6 is 0 Å². The van der Waals surface area contributed by atoms with Crippen LogP contribution in [0.15, 0.2) is 48.5 Å². The Hall–Kier alpha value is -2.57. The smallest absolute Gasteiger partial charge is 0.405 e. The second-order valence-electron chi connectivity index (χ2n) is 5.02. The zero-order chi connectivity index (χ0) is 17.6. The molecule has 0 saturated carbocycles. The van der Waals surface area contributed by atoms with Crippen molar-refractivity contribution < 1.29 is 27.1 Å². The lowest BCUT2D eigenvalue weighted by molar-refractivity contribution is -0.274. The van der Waals surface area contributed by atoms with Crippen LogP contribution < -0.4 is 10.1 Å². The van der Waals surface area contributed by atoms with Crippen molar-refractivity contribution >= 4 is 5.91 Å². The molecule has 0 aliphatic rings. The highest BCUT2D eigenvalue weighted by molar-refractivity contribution is 5.76. The predicted octanol–water partition coefficient (Wildman–Crippen LogP) is 3.97. The Kier molecular flexibility index (Phi) is 5.78. The standard InChI is InChI=1S/C17H15F4NO2/c18-14-7-3-1-5-12(14)9-10-16(23)22-11-13-6-2-4-8-15(13)24-17(19,20)21/h1-8H,9-11H2,(H,22,23). The maximum absolute atomic E-state index is 13.4. The molecule has 0 radical (unpaired) electrons. The molecule has 2 aromatic rings. The average Bonchev–Trinajstić information content (AvgIpc) is 2.52. The first-order valence-corrected chi connectivity index (χ1v) is 7.19. The van der Waals surface area contributed by atoms with Crippen molar-refractivity contribution in [3.63, 3.8) is 0 Å². The Bertz CT molecular complexity index is 701. The minimum absolute atomic E-state index is 0.0310. The normalized spacial score (nSPS) is 11.2. The summed E-state index contributed by atoms with van der Waals surface area (Å²) in [4.78, 5) is 11.8. The summed E-state index contributed by atoms with van der Waals surface area (Å²) in [7, 11) is 0. The number of carbonyl (C=O) groups excluding carboxylic acids is 1. The molecule has 1 amide bonds. The molecule has 0 fully saturated rings. The number of para-hydroxylation sites is 1. The van der Waals surface area contributed by atoms with E-state index in [0.29, 0.717) is 5.56 Å². The molecule has 0 saturated heterocycles. The summed E-state index contributed by atoms with van der Waals surface area (Å²) in [5.74, 6) is -1.14. The van der Waals surface area contributed by atoms with E-state index in [1.165, 1.54) is 24.3 Å². The lowest BCUT2D eigenvalue weighted by Crippen LogP contribution is -2.24. The number of hydrogen-bond acceptors (Lipinski definition) is 2. The van der Waals surface area contributed by atoms with Crippen molar-refractivity contribution in [1.82, 2.24) is 5.32 Å². The van der Waals surface area contributed by atoms with Gasteiger partial charge in [-0.2, -0.15) is 0 Å². The second-order valence-corrected chi connectivity index (χ2v) is 5.02. The van der Waals surface area contributed by atoms with E-state index in [0.717, 1.165) is 0 Å². The largest absolute Gasteiger partial charge is 0.573 e. The van der Waals surface area contributed by atoms with Crippen LogP contribution in [-0.4, -0.2) is 12.3 Å². The van der Waals surface area contributed by atoms with Crippen LogP contribution in [0.25, 0.3) is 0 Å². The van der Waals surface area contributed by atoms with Crippen molar-refractivity contribution in [3.05, 3.63) is 65.5 Å². The number of alkyl halides is 3. The lowest BCUT2D eigenvalue weighted by Gasteiger charge is -2.13. The van der Waals surface area contributed by atoms with Gasteiger partial charge in [0.2, 0.25) is 5.91 Å². The summed E-state index contributed by atoms with van der Waals surface area (Å²) in [5, 5.41) is 2.51. The van der Waals surface area contributed by atoms with E-state index in [4.69, 9.17) is 0 Å². The Morgan fingerprint density at radius 3 is 2.29 bits per heavy atom. The van der Waals surface area contributed by atoms with Gasteiger partial charge in [0.15, 0.2) is 0 Å². The molecule has 0 spiro atoms. The van der Waals surface area contributed by atoms with Crippen LogP contribution in [0.2, 0.25) is 0 Å². The van der Waals surface area contributed by atoms with Gasteiger partial charge in [0.05, 0.1) is 0 Å². The summed E-state index contributed by atoms with van der Waals surface area (Å²) in [6, 6.07) is 11.7. The SMILES string of the molecule is O=C(CCc1ccccc1F)NCc1ccccc1OC(F)(F)F. The Morgan fingerprint density at radius 1 is 1.00 bits per heavy atom. The van der Waals surface area contributed by atoms with Gasteiger partial charge in [0.1, 0.15) is 11.6 Å². The molecule has 128 valence electrons. The zero-order valence-corrected chi connectivity index (χ0v) is 12.6. The van der Waals surface area contributed by atoms with E-state index >= 15 is 0 Å². The molecule has 0 unspecified atom stereocenters. The van der Waals surface area contributed by atoms with Crippen LogP contribution in [0.5, 0.6) is 5.75 Å². The number of carbonyl (C=O) groups is 1. The molecule has 3 nitrogen and oxygen atoms in total. The topological polar surface area (TPSA) is 38.3 Å². The van der Waals surface area contributed by atoms with E-state index < -0.39 is 12.2 Å². The van der Waals surface area contributed by atoms with Gasteiger partial charge in [0.25, 0.3) is 0 Å². The van der Waals surface area contributed by atoms with Gasteiger partial charge in [-0.3, -0.25) is 4.79 Å². The highest BCUT2D eigenvalue weighted by atomic mass is 19.4. The number of aryl methyl sites for hydroxylation is 1. The Balaban J connectivity index is 1.89. The van der Waals surface area contributed by atoms with Gasteiger partial charge in [-0.25, -0.2) is 4.39 Å². The minimum Gasteiger partial charge on any atom is -0.405 e. The molecule has 0 aromatic heterocycles. The van der Waals surface area contributed by atoms with E-state index in [1.54, 1.807) is 24.3 Å². The molecule has 2 rings (SSSR count). The Labute approximate surface area is 136 Å². The summed E-state index contributed by atoms with van der Waals surface area (Å²) < 4.78 is 54.3. The van der Waals surface area contributed by atoms with Gasteiger partial charge in [-0.05, 0) is 24.1 Å². The summed E-state index contributed by atoms with van der Waals surface area (Å²) in [6.45, 7) is -0.109. The van der Waals surface area contributed by atoms with Crippen molar-refractivity contribution in [1.29, 1.82) is 0 Å². The molecule has 2 aromatic carbocycles. The quantitative estimate of drug-likeness (QED) is 0.808. The average molecular weight is 341 g/mol. The van der Waals surface area contributed by atoms with Crippen molar-refractivity contribution in [2.75, 3.05) is 0 Å². The van der Waals surface area contributed by atoms with E-state index in [2.05, 4.69) is 10.1 Å². The lowest BCUT2D eigenvalue weighted by atomic mass is 10.1. The van der Waals surface area contributed by atoms with Gasteiger partial charge in [0, 0.05) is 18.5 Å². The first kappa shape index (κ1) is 17.8. The van der Waals surface area contributed by atoms with Gasteiger partial charge in [-0.1, -0.05) is 36.4 Å². The predicted molar refractivity (Wildman–Crippen MR) is 79.7 cm³/mol. The highest BCUT2D eigenvalue weighted by Gasteiger charge is 2.31. The molecule has 24 heavy (non-hydrogen) atoms. The molecule has 7 heteroatoms. The number of rotatable bonds is 6. The minimum atomic E-state index is -4.80. The third kappa shape index (κ3) is 5.57. The van der Waals surface area contributed by atoms with Crippen LogP contribution in [0.4, 0.5) is 17.6 Å². The fourth-order valence-corrected chi connectivity index (χ4v) is 2.11. The molecule has 0 bridgehead atoms. The van der Waals surface area contributed by atoms with Crippen LogP contribution in [-0.2, 0) is 17.8 Å². The number of ether oxygens (including phenoxy) is 1. The zero-order valence-electron chi connectivity index (χ0n) is 12.6. The fraction of sp³-hybridized carbons (Fsp3) is 0.235.